The molecule has 3 saturated heterocycles. The maximum Gasteiger partial charge on any atom is 0.220 e. The van der Waals surface area contributed by atoms with Crippen LogP contribution in [-0.4, -0.2) is 193 Å². The van der Waals surface area contributed by atoms with Gasteiger partial charge in [-0.05, 0) is 12.8 Å². The first kappa shape index (κ1) is 76.0. The Hall–Kier alpha value is -1.21. The second kappa shape index (κ2) is 47.7. The summed E-state index contributed by atoms with van der Waals surface area (Å²) in [6.45, 7) is 1.82. The third kappa shape index (κ3) is 30.7. The Balaban J connectivity index is 1.42. The van der Waals surface area contributed by atoms with Crippen molar-refractivity contribution in [1.82, 2.24) is 5.32 Å². The fraction of sp³-hybridized carbons (Fsp3) is 0.984. The largest absolute Gasteiger partial charge is 0.394 e. The molecule has 0 radical (unpaired) electrons. The van der Waals surface area contributed by atoms with Crippen LogP contribution in [0.25, 0.3) is 0 Å². The van der Waals surface area contributed by atoms with E-state index in [1.54, 1.807) is 0 Å². The van der Waals surface area contributed by atoms with Crippen molar-refractivity contribution in [2.75, 3.05) is 26.4 Å². The summed E-state index contributed by atoms with van der Waals surface area (Å²) in [5.41, 5.74) is 0. The third-order valence-corrected chi connectivity index (χ3v) is 17.4. The van der Waals surface area contributed by atoms with Crippen molar-refractivity contribution >= 4 is 5.91 Å². The molecule has 17 unspecified atom stereocenters. The van der Waals surface area contributed by atoms with Crippen LogP contribution in [0.5, 0.6) is 0 Å². The van der Waals surface area contributed by atoms with E-state index < -0.39 is 124 Å². The van der Waals surface area contributed by atoms with Crippen molar-refractivity contribution in [1.29, 1.82) is 0 Å². The van der Waals surface area contributed by atoms with Gasteiger partial charge in [-0.3, -0.25) is 4.79 Å². The van der Waals surface area contributed by atoms with Crippen molar-refractivity contribution in [2.45, 2.75) is 375 Å². The number of ether oxygens (including phenoxy) is 6. The molecule has 0 aromatic heterocycles. The van der Waals surface area contributed by atoms with Gasteiger partial charge in [-0.15, -0.1) is 0 Å². The van der Waals surface area contributed by atoms with E-state index in [2.05, 4.69) is 19.2 Å². The molecule has 0 aromatic carbocycles. The maximum atomic E-state index is 13.4. The summed E-state index contributed by atoms with van der Waals surface area (Å²) in [7, 11) is 0. The summed E-state index contributed by atoms with van der Waals surface area (Å²) in [4.78, 5) is 13.4. The number of nitrogens with one attached hydrogen (secondary N) is 1. The van der Waals surface area contributed by atoms with Crippen LogP contribution in [0.4, 0.5) is 0 Å². The van der Waals surface area contributed by atoms with Gasteiger partial charge in [0, 0.05) is 6.42 Å². The molecule has 0 bridgehead atoms. The molecule has 492 valence electrons. The average molecular weight is 1190 g/mol. The van der Waals surface area contributed by atoms with Crippen molar-refractivity contribution < 1.29 is 89.4 Å². The number of rotatable bonds is 52. The monoisotopic (exact) mass is 1190 g/mol. The third-order valence-electron chi connectivity index (χ3n) is 17.4. The van der Waals surface area contributed by atoms with Crippen molar-refractivity contribution in [3.63, 3.8) is 0 Å². The minimum Gasteiger partial charge on any atom is -0.394 e. The first-order valence-electron chi connectivity index (χ1n) is 33.8. The molecule has 0 aromatic rings. The summed E-state index contributed by atoms with van der Waals surface area (Å²) in [6, 6.07) is -0.880. The Kier molecular flexibility index (Phi) is 43.7. The molecule has 0 spiro atoms. The van der Waals surface area contributed by atoms with Crippen molar-refractivity contribution in [3.8, 4) is 0 Å². The van der Waals surface area contributed by atoms with Gasteiger partial charge < -0.3 is 89.9 Å². The number of hydrogen-bond donors (Lipinski definition) is 12. The Morgan fingerprint density at radius 1 is 0.386 bits per heavy atom. The van der Waals surface area contributed by atoms with Crippen LogP contribution in [0.3, 0.4) is 0 Å². The fourth-order valence-electron chi connectivity index (χ4n) is 11.9. The Morgan fingerprint density at radius 3 is 1.05 bits per heavy atom. The lowest BCUT2D eigenvalue weighted by atomic mass is 9.96. The number of hydrogen-bond acceptors (Lipinski definition) is 18. The lowest BCUT2D eigenvalue weighted by Crippen LogP contribution is -2.66. The van der Waals surface area contributed by atoms with Gasteiger partial charge >= 0.3 is 0 Å². The molecule has 19 nitrogen and oxygen atoms in total. The van der Waals surface area contributed by atoms with E-state index in [-0.39, 0.29) is 18.9 Å². The molecule has 3 rings (SSSR count). The first-order valence-corrected chi connectivity index (χ1v) is 33.8. The molecule has 83 heavy (non-hydrogen) atoms. The number of aliphatic hydroxyl groups is 11. The van der Waals surface area contributed by atoms with Gasteiger partial charge in [-0.25, -0.2) is 0 Å². The maximum absolute atomic E-state index is 13.4. The average Bonchev–Trinajstić information content (AvgIpc) is 3.67. The molecule has 0 aliphatic carbocycles. The highest BCUT2D eigenvalue weighted by Gasteiger charge is 2.53. The SMILES string of the molecule is CCCCCCCCCCCCCCCCCCCCCCCCCCCC(O)C(COC1OC(CO)C(OC2OC(CO)C(OC3OC(CO)C(O)C(O)C3O)C(O)C2O)C(O)C1O)NC(=O)CCCCCCCCCCCCCCC. The van der Waals surface area contributed by atoms with E-state index in [1.807, 2.05) is 0 Å². The second-order valence-electron chi connectivity index (χ2n) is 24.7. The molecule has 12 N–H and O–H groups in total. The van der Waals surface area contributed by atoms with Gasteiger partial charge in [-0.2, -0.15) is 0 Å². The van der Waals surface area contributed by atoms with Gasteiger partial charge in [-0.1, -0.05) is 251 Å². The Bertz CT molecular complexity index is 1520. The van der Waals surface area contributed by atoms with Gasteiger partial charge in [0.25, 0.3) is 0 Å². The quantitative estimate of drug-likeness (QED) is 0.0257. The number of amides is 1. The lowest BCUT2D eigenvalue weighted by molar-refractivity contribution is -0.379. The van der Waals surface area contributed by atoms with Crippen molar-refractivity contribution in [3.05, 3.63) is 0 Å². The number of unbranched alkanes of at least 4 members (excludes halogenated alkanes) is 36. The highest BCUT2D eigenvalue weighted by atomic mass is 16.8. The van der Waals surface area contributed by atoms with Crippen LogP contribution in [-0.2, 0) is 33.2 Å². The highest BCUT2D eigenvalue weighted by Crippen LogP contribution is 2.33. The predicted molar refractivity (Wildman–Crippen MR) is 319 cm³/mol. The molecule has 3 heterocycles. The molecule has 19 heteroatoms. The molecule has 3 aliphatic heterocycles. The van der Waals surface area contributed by atoms with E-state index in [9.17, 15) is 61.0 Å². The predicted octanol–water partition coefficient (Wildman–Crippen LogP) is 7.94. The van der Waals surface area contributed by atoms with Crippen molar-refractivity contribution in [2.24, 2.45) is 0 Å². The molecule has 17 atom stereocenters. The summed E-state index contributed by atoms with van der Waals surface area (Å²) in [5, 5.41) is 120. The van der Waals surface area contributed by atoms with E-state index in [0.29, 0.717) is 12.8 Å². The Labute approximate surface area is 500 Å². The zero-order valence-corrected chi connectivity index (χ0v) is 51.7. The zero-order valence-electron chi connectivity index (χ0n) is 51.7. The number of carbonyl (C=O) groups excluding carboxylic acids is 1. The highest BCUT2D eigenvalue weighted by molar-refractivity contribution is 5.76. The molecule has 1 amide bonds. The second-order valence-corrected chi connectivity index (χ2v) is 24.7. The molecule has 3 fully saturated rings. The minimum atomic E-state index is -1.97. The Morgan fingerprint density at radius 2 is 0.687 bits per heavy atom. The molecule has 0 saturated carbocycles. The molecule has 3 aliphatic rings. The van der Waals surface area contributed by atoms with Crippen LogP contribution in [0.15, 0.2) is 0 Å². The number of carbonyl (C=O) groups is 1. The fourth-order valence-corrected chi connectivity index (χ4v) is 11.9. The van der Waals surface area contributed by atoms with Crippen LogP contribution in [0.1, 0.15) is 271 Å². The zero-order chi connectivity index (χ0) is 60.5. The molecular weight excluding hydrogens is 1070 g/mol. The van der Waals surface area contributed by atoms with Crippen LogP contribution < -0.4 is 5.32 Å². The van der Waals surface area contributed by atoms with Gasteiger partial charge in [0.1, 0.15) is 73.2 Å². The van der Waals surface area contributed by atoms with Crippen LogP contribution in [0.2, 0.25) is 0 Å². The first-order chi connectivity index (χ1) is 40.3. The summed E-state index contributed by atoms with van der Waals surface area (Å²) >= 11 is 0. The minimum absolute atomic E-state index is 0.238. The standard InChI is InChI=1S/C64H123NO18/c1-3-5-7-9-11-13-15-17-18-19-20-21-22-23-24-25-26-27-28-30-31-33-35-37-39-41-48(69)47(65-52(70)42-40-38-36-34-32-29-16-14-12-10-8-6-4-2)46-78-62-58(76)55(73)60(50(44-67)80-62)83-64-59(77)56(74)61(51(45-68)81-64)82-63-57(75)54(72)53(71)49(43-66)79-63/h47-51,53-64,66-69,71-77H,3-46H2,1-2H3,(H,65,70). The van der Waals surface area contributed by atoms with Crippen LogP contribution in [0, 0.1) is 0 Å². The van der Waals surface area contributed by atoms with Gasteiger partial charge in [0.05, 0.1) is 38.6 Å². The van der Waals surface area contributed by atoms with Crippen LogP contribution >= 0.6 is 0 Å². The number of aliphatic hydroxyl groups excluding tert-OH is 11. The summed E-state index contributed by atoms with van der Waals surface area (Å²) in [5.74, 6) is -0.238. The van der Waals surface area contributed by atoms with E-state index in [0.717, 1.165) is 44.9 Å². The van der Waals surface area contributed by atoms with Gasteiger partial charge in [0.2, 0.25) is 5.91 Å². The topological polar surface area (TPSA) is 307 Å². The summed E-state index contributed by atoms with van der Waals surface area (Å²) < 4.78 is 34.4. The van der Waals surface area contributed by atoms with E-state index in [1.165, 1.54) is 193 Å². The lowest BCUT2D eigenvalue weighted by Gasteiger charge is -2.48. The smallest absolute Gasteiger partial charge is 0.220 e. The summed E-state index contributed by atoms with van der Waals surface area (Å²) in [6.07, 6.45) is 21.9. The normalized spacial score (nSPS) is 29.3. The van der Waals surface area contributed by atoms with E-state index >= 15 is 0 Å². The van der Waals surface area contributed by atoms with Gasteiger partial charge in [0.15, 0.2) is 18.9 Å². The molecular formula is C64H123NO18. The van der Waals surface area contributed by atoms with E-state index in [4.69, 9.17) is 28.4 Å².